The first kappa shape index (κ1) is 21.4. The van der Waals surface area contributed by atoms with E-state index in [1.54, 1.807) is 52.8 Å². The number of carbonyl (C=O) groups is 1. The van der Waals surface area contributed by atoms with Gasteiger partial charge in [0.05, 0.1) is 22.6 Å². The van der Waals surface area contributed by atoms with Crippen molar-refractivity contribution in [3.8, 4) is 5.69 Å². The fourth-order valence-corrected chi connectivity index (χ4v) is 3.17. The van der Waals surface area contributed by atoms with E-state index < -0.39 is 34.9 Å². The molecule has 0 aliphatic carbocycles. The van der Waals surface area contributed by atoms with Gasteiger partial charge in [-0.15, -0.1) is 0 Å². The molecule has 0 radical (unpaired) electrons. The number of benzene rings is 2. The molecule has 8 heteroatoms. The molecule has 2 aromatic carbocycles. The van der Waals surface area contributed by atoms with Gasteiger partial charge in [-0.05, 0) is 58.4 Å². The third-order valence-corrected chi connectivity index (χ3v) is 4.36. The van der Waals surface area contributed by atoms with Crippen molar-refractivity contribution in [3.63, 3.8) is 0 Å². The van der Waals surface area contributed by atoms with E-state index in [9.17, 15) is 18.4 Å². The Labute approximate surface area is 172 Å². The topological polar surface area (TPSA) is 73.2 Å². The van der Waals surface area contributed by atoms with Crippen LogP contribution in [0.2, 0.25) is 0 Å². The maximum absolute atomic E-state index is 13.9. The van der Waals surface area contributed by atoms with E-state index in [0.717, 1.165) is 22.8 Å². The van der Waals surface area contributed by atoms with Gasteiger partial charge in [0.25, 0.3) is 5.56 Å². The minimum absolute atomic E-state index is 0.0250. The Balaban J connectivity index is 2.22. The Morgan fingerprint density at radius 1 is 1.17 bits per heavy atom. The maximum Gasteiger partial charge on any atom is 0.408 e. The number of nitrogens with one attached hydrogen (secondary N) is 1. The van der Waals surface area contributed by atoms with Crippen molar-refractivity contribution in [2.45, 2.75) is 46.3 Å². The van der Waals surface area contributed by atoms with E-state index >= 15 is 0 Å². The monoisotopic (exact) mass is 415 g/mol. The third-order valence-electron chi connectivity index (χ3n) is 4.36. The molecule has 158 valence electrons. The van der Waals surface area contributed by atoms with Gasteiger partial charge >= 0.3 is 6.09 Å². The highest BCUT2D eigenvalue weighted by atomic mass is 19.1. The van der Waals surface area contributed by atoms with Crippen LogP contribution in [0.15, 0.2) is 41.2 Å². The average Bonchev–Trinajstić information content (AvgIpc) is 2.58. The van der Waals surface area contributed by atoms with Gasteiger partial charge in [-0.2, -0.15) is 0 Å². The van der Waals surface area contributed by atoms with Crippen LogP contribution in [0.5, 0.6) is 0 Å². The highest BCUT2D eigenvalue weighted by Crippen LogP contribution is 2.21. The van der Waals surface area contributed by atoms with E-state index in [4.69, 9.17) is 4.74 Å². The zero-order valence-corrected chi connectivity index (χ0v) is 17.4. The van der Waals surface area contributed by atoms with Gasteiger partial charge in [0.2, 0.25) is 0 Å². The quantitative estimate of drug-likeness (QED) is 0.681. The second-order valence-electron chi connectivity index (χ2n) is 8.08. The highest BCUT2D eigenvalue weighted by Gasteiger charge is 2.23. The molecule has 6 nitrogen and oxygen atoms in total. The van der Waals surface area contributed by atoms with Gasteiger partial charge in [0.15, 0.2) is 0 Å². The van der Waals surface area contributed by atoms with Crippen molar-refractivity contribution in [1.29, 1.82) is 0 Å². The average molecular weight is 415 g/mol. The van der Waals surface area contributed by atoms with Crippen molar-refractivity contribution >= 4 is 17.0 Å². The summed E-state index contributed by atoms with van der Waals surface area (Å²) in [5.74, 6) is -1.55. The molecule has 1 atom stereocenters. The normalized spacial score (nSPS) is 12.6. The molecule has 3 rings (SSSR count). The van der Waals surface area contributed by atoms with Gasteiger partial charge in [-0.3, -0.25) is 9.36 Å². The summed E-state index contributed by atoms with van der Waals surface area (Å²) in [6.07, 6.45) is -0.703. The van der Waals surface area contributed by atoms with E-state index in [1.165, 1.54) is 0 Å². The van der Waals surface area contributed by atoms with Crippen LogP contribution >= 0.6 is 0 Å². The van der Waals surface area contributed by atoms with Crippen molar-refractivity contribution in [2.75, 3.05) is 0 Å². The number of nitrogens with zero attached hydrogens (tertiary/aromatic N) is 2. The number of alkyl carbamates (subject to hydrolysis) is 1. The fraction of sp³-hybridized carbons (Fsp3) is 0.318. The second kappa shape index (κ2) is 7.85. The lowest BCUT2D eigenvalue weighted by Crippen LogP contribution is -2.37. The van der Waals surface area contributed by atoms with Crippen LogP contribution < -0.4 is 10.9 Å². The first-order valence-corrected chi connectivity index (χ1v) is 9.44. The first-order chi connectivity index (χ1) is 14.0. The number of rotatable bonds is 3. The minimum atomic E-state index is -0.833. The molecular weight excluding hydrogens is 392 g/mol. The molecule has 30 heavy (non-hydrogen) atoms. The number of ether oxygens (including phenoxy) is 1. The molecular formula is C22H23F2N3O3. The van der Waals surface area contributed by atoms with Crippen LogP contribution in [0.3, 0.4) is 0 Å². The minimum Gasteiger partial charge on any atom is -0.444 e. The zero-order valence-electron chi connectivity index (χ0n) is 17.4. The van der Waals surface area contributed by atoms with Gasteiger partial charge in [-0.25, -0.2) is 18.6 Å². The molecule has 0 aliphatic heterocycles. The van der Waals surface area contributed by atoms with Crippen LogP contribution in [0.4, 0.5) is 13.6 Å². The summed E-state index contributed by atoms with van der Waals surface area (Å²) < 4.78 is 34.2. The largest absolute Gasteiger partial charge is 0.444 e. The van der Waals surface area contributed by atoms with Crippen molar-refractivity contribution in [2.24, 2.45) is 0 Å². The van der Waals surface area contributed by atoms with Crippen molar-refractivity contribution in [3.05, 3.63) is 69.8 Å². The zero-order chi connectivity index (χ0) is 22.2. The van der Waals surface area contributed by atoms with Crippen LogP contribution in [-0.4, -0.2) is 21.2 Å². The molecule has 1 amide bonds. The van der Waals surface area contributed by atoms with E-state index in [-0.39, 0.29) is 11.5 Å². The maximum atomic E-state index is 13.9. The summed E-state index contributed by atoms with van der Waals surface area (Å²) in [6, 6.07) is 7.19. The molecule has 3 aromatic rings. The molecule has 0 saturated heterocycles. The molecule has 1 heterocycles. The summed E-state index contributed by atoms with van der Waals surface area (Å²) in [6.45, 7) is 8.53. The number of aromatic nitrogens is 2. The summed E-state index contributed by atoms with van der Waals surface area (Å²) in [4.78, 5) is 30.1. The predicted molar refractivity (Wildman–Crippen MR) is 110 cm³/mol. The Morgan fingerprint density at radius 2 is 1.80 bits per heavy atom. The smallest absolute Gasteiger partial charge is 0.408 e. The third kappa shape index (κ3) is 4.48. The predicted octanol–water partition coefficient (Wildman–Crippen LogP) is 4.56. The molecule has 0 aliphatic rings. The van der Waals surface area contributed by atoms with Crippen LogP contribution in [0.25, 0.3) is 16.6 Å². The van der Waals surface area contributed by atoms with Crippen molar-refractivity contribution in [1.82, 2.24) is 14.9 Å². The Kier molecular flexibility index (Phi) is 5.61. The van der Waals surface area contributed by atoms with Crippen LogP contribution in [0.1, 0.15) is 45.1 Å². The van der Waals surface area contributed by atoms with Gasteiger partial charge in [-0.1, -0.05) is 12.1 Å². The molecule has 0 saturated carbocycles. The number of halogens is 2. The first-order valence-electron chi connectivity index (χ1n) is 9.44. The van der Waals surface area contributed by atoms with E-state index in [0.29, 0.717) is 16.5 Å². The van der Waals surface area contributed by atoms with Crippen molar-refractivity contribution < 1.29 is 18.3 Å². The molecule has 0 bridgehead atoms. The van der Waals surface area contributed by atoms with Gasteiger partial charge in [0, 0.05) is 6.07 Å². The summed E-state index contributed by atoms with van der Waals surface area (Å²) in [5, 5.41) is 2.96. The highest BCUT2D eigenvalue weighted by molar-refractivity contribution is 5.81. The SMILES string of the molecule is Cc1cccc2nc([C@H](C)NC(=O)OC(C)(C)C)n(-c3cc(F)cc(F)c3)c(=O)c12. The Bertz CT molecular complexity index is 1160. The van der Waals surface area contributed by atoms with Gasteiger partial charge in [0.1, 0.15) is 23.1 Å². The van der Waals surface area contributed by atoms with E-state index in [1.807, 2.05) is 0 Å². The molecule has 0 spiro atoms. The molecule has 0 fully saturated rings. The number of carbonyl (C=O) groups excluding carboxylic acids is 1. The number of amides is 1. The number of fused-ring (bicyclic) bond motifs is 1. The lowest BCUT2D eigenvalue weighted by Gasteiger charge is -2.23. The van der Waals surface area contributed by atoms with Crippen LogP contribution in [-0.2, 0) is 4.74 Å². The number of aryl methyl sites for hydroxylation is 1. The Hall–Kier alpha value is -3.29. The fourth-order valence-electron chi connectivity index (χ4n) is 3.17. The molecule has 1 N–H and O–H groups in total. The lowest BCUT2D eigenvalue weighted by molar-refractivity contribution is 0.0505. The Morgan fingerprint density at radius 3 is 2.40 bits per heavy atom. The standard InChI is InChI=1S/C22H23F2N3O3/c1-12-7-6-8-17-18(12)20(28)27(16-10-14(23)9-15(24)11-16)19(26-17)13(2)25-21(29)30-22(3,4)5/h6-11,13H,1-5H3,(H,25,29)/t13-/m0/s1. The van der Waals surface area contributed by atoms with Gasteiger partial charge < -0.3 is 10.1 Å². The number of hydrogen-bond acceptors (Lipinski definition) is 4. The number of hydrogen-bond donors (Lipinski definition) is 1. The lowest BCUT2D eigenvalue weighted by atomic mass is 10.1. The summed E-state index contributed by atoms with van der Waals surface area (Å²) in [5.41, 5.74) is -0.141. The van der Waals surface area contributed by atoms with Crippen LogP contribution in [0, 0.1) is 18.6 Å². The summed E-state index contributed by atoms with van der Waals surface area (Å²) >= 11 is 0. The second-order valence-corrected chi connectivity index (χ2v) is 8.08. The summed E-state index contributed by atoms with van der Waals surface area (Å²) in [7, 11) is 0. The molecule has 1 aromatic heterocycles. The molecule has 0 unspecified atom stereocenters. The van der Waals surface area contributed by atoms with E-state index in [2.05, 4.69) is 10.3 Å².